The van der Waals surface area contributed by atoms with Crippen molar-refractivity contribution < 1.29 is 9.90 Å². The average molecular weight is 205 g/mol. The molecular weight excluding hydrogens is 190 g/mol. The van der Waals surface area contributed by atoms with E-state index in [1.807, 2.05) is 0 Å². The number of nitrogens with one attached hydrogen (secondary N) is 1. The van der Waals surface area contributed by atoms with E-state index in [1.54, 1.807) is 0 Å². The Hall–Kier alpha value is -1.09. The fourth-order valence-corrected chi connectivity index (χ4v) is 2.81. The topological polar surface area (TPSA) is 53.1 Å². The van der Waals surface area contributed by atoms with Crippen LogP contribution in [0, 0.1) is 0 Å². The molecule has 1 aromatic heterocycles. The summed E-state index contributed by atoms with van der Waals surface area (Å²) in [5, 5.41) is 9.58. The monoisotopic (exact) mass is 205 g/mol. The van der Waals surface area contributed by atoms with E-state index < -0.39 is 6.10 Å². The van der Waals surface area contributed by atoms with Crippen LogP contribution in [0.5, 0.6) is 0 Å². The van der Waals surface area contributed by atoms with Gasteiger partial charge < -0.3 is 10.1 Å². The van der Waals surface area contributed by atoms with Crippen molar-refractivity contribution in [2.75, 3.05) is 0 Å². The van der Waals surface area contributed by atoms with Gasteiger partial charge in [-0.25, -0.2) is 0 Å². The summed E-state index contributed by atoms with van der Waals surface area (Å²) in [5.41, 5.74) is 4.33. The van der Waals surface area contributed by atoms with Crippen LogP contribution in [0.15, 0.2) is 0 Å². The van der Waals surface area contributed by atoms with Crippen LogP contribution in [0.3, 0.4) is 0 Å². The minimum Gasteiger partial charge on any atom is -0.385 e. The first kappa shape index (κ1) is 9.16. The fraction of sp³-hybridized carbons (Fsp3) is 0.583. The summed E-state index contributed by atoms with van der Waals surface area (Å²) in [7, 11) is 0. The summed E-state index contributed by atoms with van der Waals surface area (Å²) < 4.78 is 0. The standard InChI is InChI=1S/C12H15NO2/c14-10-6-5-9-11(12(10)15)7-3-1-2-4-8(7)13-9/h10,13-14H,1-6H2. The van der Waals surface area contributed by atoms with Crippen LogP contribution < -0.4 is 0 Å². The molecule has 1 aromatic rings. The highest BCUT2D eigenvalue weighted by molar-refractivity contribution is 6.03. The first-order valence-corrected chi connectivity index (χ1v) is 5.72. The Balaban J connectivity index is 2.14. The van der Waals surface area contributed by atoms with Gasteiger partial charge in [-0.2, -0.15) is 0 Å². The molecule has 3 rings (SSSR count). The predicted octanol–water partition coefficient (Wildman–Crippen LogP) is 1.38. The second-order valence-electron chi connectivity index (χ2n) is 4.56. The third-order valence-corrected chi connectivity index (χ3v) is 3.59. The van der Waals surface area contributed by atoms with Gasteiger partial charge >= 0.3 is 0 Å². The van der Waals surface area contributed by atoms with Crippen molar-refractivity contribution in [1.29, 1.82) is 0 Å². The summed E-state index contributed by atoms with van der Waals surface area (Å²) >= 11 is 0. The number of rotatable bonds is 0. The molecule has 3 nitrogen and oxygen atoms in total. The van der Waals surface area contributed by atoms with Crippen LogP contribution in [0.25, 0.3) is 0 Å². The number of aliphatic hydroxyl groups excluding tert-OH is 1. The number of aromatic nitrogens is 1. The lowest BCUT2D eigenvalue weighted by Gasteiger charge is -2.18. The van der Waals surface area contributed by atoms with Gasteiger partial charge in [0.05, 0.1) is 0 Å². The van der Waals surface area contributed by atoms with Crippen LogP contribution in [0.2, 0.25) is 0 Å². The number of fused-ring (bicyclic) bond motifs is 3. The Morgan fingerprint density at radius 3 is 2.80 bits per heavy atom. The average Bonchev–Trinajstić information content (AvgIpc) is 2.62. The summed E-state index contributed by atoms with van der Waals surface area (Å²) in [6.45, 7) is 0. The third-order valence-electron chi connectivity index (χ3n) is 3.59. The molecule has 0 spiro atoms. The Bertz CT molecular complexity index is 420. The van der Waals surface area contributed by atoms with Crippen LogP contribution in [0.4, 0.5) is 0 Å². The molecule has 1 heterocycles. The van der Waals surface area contributed by atoms with Gasteiger partial charge in [-0.15, -0.1) is 0 Å². The van der Waals surface area contributed by atoms with Gasteiger partial charge in [0.25, 0.3) is 0 Å². The lowest BCUT2D eigenvalue weighted by Crippen LogP contribution is -2.27. The molecule has 0 saturated heterocycles. The molecule has 15 heavy (non-hydrogen) atoms. The molecule has 0 bridgehead atoms. The fourth-order valence-electron chi connectivity index (χ4n) is 2.81. The second kappa shape index (κ2) is 3.20. The van der Waals surface area contributed by atoms with Gasteiger partial charge in [0.1, 0.15) is 6.10 Å². The van der Waals surface area contributed by atoms with E-state index in [2.05, 4.69) is 4.98 Å². The number of hydrogen-bond donors (Lipinski definition) is 2. The zero-order valence-electron chi connectivity index (χ0n) is 8.68. The van der Waals surface area contributed by atoms with Crippen molar-refractivity contribution >= 4 is 5.78 Å². The third kappa shape index (κ3) is 1.26. The number of carbonyl (C=O) groups is 1. The highest BCUT2D eigenvalue weighted by atomic mass is 16.3. The first-order valence-electron chi connectivity index (χ1n) is 5.72. The van der Waals surface area contributed by atoms with E-state index in [9.17, 15) is 9.90 Å². The zero-order valence-corrected chi connectivity index (χ0v) is 8.68. The van der Waals surface area contributed by atoms with Crippen LogP contribution in [-0.2, 0) is 19.3 Å². The summed E-state index contributed by atoms with van der Waals surface area (Å²) in [6, 6.07) is 0. The maximum absolute atomic E-state index is 11.9. The summed E-state index contributed by atoms with van der Waals surface area (Å²) in [6.07, 6.45) is 5.06. The first-order chi connectivity index (χ1) is 7.27. The molecule has 3 heteroatoms. The highest BCUT2D eigenvalue weighted by Gasteiger charge is 2.31. The Morgan fingerprint density at radius 2 is 1.93 bits per heavy atom. The van der Waals surface area contributed by atoms with Crippen LogP contribution >= 0.6 is 0 Å². The number of Topliss-reactive ketones (excluding diaryl/α,β-unsaturated/α-hetero) is 1. The molecule has 0 saturated carbocycles. The Morgan fingerprint density at radius 1 is 1.13 bits per heavy atom. The summed E-state index contributed by atoms with van der Waals surface area (Å²) in [4.78, 5) is 15.3. The minimum absolute atomic E-state index is 0.0596. The number of aryl methyl sites for hydroxylation is 2. The molecule has 1 unspecified atom stereocenters. The molecule has 2 aliphatic carbocycles. The van der Waals surface area contributed by atoms with E-state index in [4.69, 9.17) is 0 Å². The normalized spacial score (nSPS) is 24.9. The molecule has 1 atom stereocenters. The van der Waals surface area contributed by atoms with Gasteiger partial charge in [-0.3, -0.25) is 4.79 Å². The molecule has 0 amide bonds. The highest BCUT2D eigenvalue weighted by Crippen LogP contribution is 2.31. The number of ketones is 1. The van der Waals surface area contributed by atoms with Crippen molar-refractivity contribution in [3.63, 3.8) is 0 Å². The Kier molecular flexibility index (Phi) is 1.96. The molecule has 0 aliphatic heterocycles. The van der Waals surface area contributed by atoms with Gasteiger partial charge in [0.2, 0.25) is 0 Å². The molecule has 2 N–H and O–H groups in total. The van der Waals surface area contributed by atoms with Gasteiger partial charge in [0.15, 0.2) is 5.78 Å². The van der Waals surface area contributed by atoms with E-state index in [0.29, 0.717) is 6.42 Å². The van der Waals surface area contributed by atoms with Gasteiger partial charge in [0, 0.05) is 17.0 Å². The maximum Gasteiger partial charge on any atom is 0.193 e. The largest absolute Gasteiger partial charge is 0.385 e. The van der Waals surface area contributed by atoms with E-state index in [-0.39, 0.29) is 5.78 Å². The number of aromatic amines is 1. The molecule has 80 valence electrons. The maximum atomic E-state index is 11.9. The molecule has 0 aromatic carbocycles. The molecule has 2 aliphatic rings. The predicted molar refractivity (Wildman–Crippen MR) is 56.1 cm³/mol. The number of H-pyrrole nitrogens is 1. The quantitative estimate of drug-likeness (QED) is 0.672. The zero-order chi connectivity index (χ0) is 10.4. The summed E-state index contributed by atoms with van der Waals surface area (Å²) in [5.74, 6) is -0.0596. The van der Waals surface area contributed by atoms with Crippen molar-refractivity contribution in [1.82, 2.24) is 4.98 Å². The molecule has 0 fully saturated rings. The molecule has 0 radical (unpaired) electrons. The van der Waals surface area contributed by atoms with Crippen molar-refractivity contribution in [2.24, 2.45) is 0 Å². The minimum atomic E-state index is -0.765. The van der Waals surface area contributed by atoms with Gasteiger partial charge in [-0.05, 0) is 44.1 Å². The number of hydrogen-bond acceptors (Lipinski definition) is 2. The van der Waals surface area contributed by atoms with E-state index in [1.165, 1.54) is 24.1 Å². The smallest absolute Gasteiger partial charge is 0.193 e. The van der Waals surface area contributed by atoms with Crippen molar-refractivity contribution in [3.05, 3.63) is 22.5 Å². The van der Waals surface area contributed by atoms with Crippen molar-refractivity contribution in [2.45, 2.75) is 44.6 Å². The number of aliphatic hydroxyl groups is 1. The lowest BCUT2D eigenvalue weighted by molar-refractivity contribution is 0.0711. The van der Waals surface area contributed by atoms with Crippen LogP contribution in [0.1, 0.15) is 46.6 Å². The SMILES string of the molecule is O=C1c2c([nH]c3c2CCCC3)CCC1O. The van der Waals surface area contributed by atoms with E-state index in [0.717, 1.165) is 30.5 Å². The second-order valence-corrected chi connectivity index (χ2v) is 4.56. The molecular formula is C12H15NO2. The van der Waals surface area contributed by atoms with Crippen molar-refractivity contribution in [3.8, 4) is 0 Å². The Labute approximate surface area is 88.5 Å². The van der Waals surface area contributed by atoms with Crippen LogP contribution in [-0.4, -0.2) is 22.0 Å². The van der Waals surface area contributed by atoms with E-state index >= 15 is 0 Å². The lowest BCUT2D eigenvalue weighted by atomic mass is 9.87. The van der Waals surface area contributed by atoms with Gasteiger partial charge in [-0.1, -0.05) is 0 Å². The number of carbonyl (C=O) groups excluding carboxylic acids is 1.